The second kappa shape index (κ2) is 12.3. The normalized spacial score (nSPS) is 11.4. The van der Waals surface area contributed by atoms with Gasteiger partial charge in [0.2, 0.25) is 0 Å². The number of amides is 1. The molecule has 0 aliphatic heterocycles. The molecule has 0 aliphatic rings. The van der Waals surface area contributed by atoms with Crippen LogP contribution in [0.3, 0.4) is 0 Å². The Bertz CT molecular complexity index is 1860. The molecule has 0 fully saturated rings. The molecule has 0 radical (unpaired) electrons. The largest absolute Gasteiger partial charge is 0.456 e. The number of hydrogen-bond acceptors (Lipinski definition) is 4. The van der Waals surface area contributed by atoms with Gasteiger partial charge in [0.25, 0.3) is 5.91 Å². The Balaban J connectivity index is 1.33. The van der Waals surface area contributed by atoms with Crippen LogP contribution in [0.25, 0.3) is 22.0 Å². The van der Waals surface area contributed by atoms with Crippen LogP contribution in [0.15, 0.2) is 91.0 Å². The van der Waals surface area contributed by atoms with E-state index in [2.05, 4.69) is 35.9 Å². The molecular formula is C38H38N2O4. The third-order valence-electron chi connectivity index (χ3n) is 7.87. The highest BCUT2D eigenvalue weighted by molar-refractivity contribution is 5.99. The predicted octanol–water partition coefficient (Wildman–Crippen LogP) is 8.06. The molecule has 0 saturated carbocycles. The number of Topliss-reactive ketones (excluding diaryl/α,β-unsaturated/α-hetero) is 1. The van der Waals surface area contributed by atoms with Crippen molar-refractivity contribution in [1.29, 1.82) is 0 Å². The molecule has 1 N–H and O–H groups in total. The van der Waals surface area contributed by atoms with E-state index in [4.69, 9.17) is 4.74 Å². The summed E-state index contributed by atoms with van der Waals surface area (Å²) in [6.45, 7) is 12.4. The van der Waals surface area contributed by atoms with E-state index in [1.54, 1.807) is 18.2 Å². The van der Waals surface area contributed by atoms with Crippen molar-refractivity contribution >= 4 is 28.6 Å². The van der Waals surface area contributed by atoms with E-state index in [1.165, 1.54) is 6.92 Å². The lowest BCUT2D eigenvalue weighted by Gasteiger charge is -2.20. The third kappa shape index (κ3) is 6.65. The molecule has 5 aromatic rings. The minimum Gasteiger partial charge on any atom is -0.456 e. The van der Waals surface area contributed by atoms with Gasteiger partial charge in [-0.1, -0.05) is 66.7 Å². The van der Waals surface area contributed by atoms with Crippen LogP contribution in [0.5, 0.6) is 0 Å². The van der Waals surface area contributed by atoms with Crippen LogP contribution in [0.2, 0.25) is 0 Å². The number of aromatic nitrogens is 1. The van der Waals surface area contributed by atoms with Crippen molar-refractivity contribution in [1.82, 2.24) is 9.88 Å². The van der Waals surface area contributed by atoms with Crippen molar-refractivity contribution < 1.29 is 19.1 Å². The molecule has 224 valence electrons. The summed E-state index contributed by atoms with van der Waals surface area (Å²) in [7, 11) is 0. The summed E-state index contributed by atoms with van der Waals surface area (Å²) in [4.78, 5) is 37.4. The summed E-state index contributed by atoms with van der Waals surface area (Å²) in [5.41, 5.74) is 8.42. The first-order valence-electron chi connectivity index (χ1n) is 14.8. The van der Waals surface area contributed by atoms with E-state index < -0.39 is 5.60 Å². The number of esters is 1. The predicted molar refractivity (Wildman–Crippen MR) is 175 cm³/mol. The molecule has 0 atom stereocenters. The zero-order valence-corrected chi connectivity index (χ0v) is 26.2. The molecule has 0 unspecified atom stereocenters. The van der Waals surface area contributed by atoms with Crippen LogP contribution in [-0.4, -0.2) is 27.8 Å². The first-order chi connectivity index (χ1) is 20.9. The summed E-state index contributed by atoms with van der Waals surface area (Å²) < 4.78 is 7.91. The first-order valence-corrected chi connectivity index (χ1v) is 14.8. The maximum Gasteiger partial charge on any atom is 0.339 e. The summed E-state index contributed by atoms with van der Waals surface area (Å²) >= 11 is 0. The van der Waals surface area contributed by atoms with Gasteiger partial charge in [0.05, 0.1) is 5.56 Å². The number of nitrogens with zero attached hydrogens (tertiary/aromatic N) is 1. The summed E-state index contributed by atoms with van der Waals surface area (Å²) in [6, 6.07) is 28.9. The van der Waals surface area contributed by atoms with E-state index in [0.29, 0.717) is 29.8 Å². The molecule has 44 heavy (non-hydrogen) atoms. The van der Waals surface area contributed by atoms with Gasteiger partial charge in [-0.2, -0.15) is 0 Å². The van der Waals surface area contributed by atoms with Gasteiger partial charge < -0.3 is 14.6 Å². The lowest BCUT2D eigenvalue weighted by molar-refractivity contribution is 0.00702. The Hall–Kier alpha value is -4.97. The zero-order chi connectivity index (χ0) is 31.6. The van der Waals surface area contributed by atoms with Gasteiger partial charge in [-0.3, -0.25) is 9.59 Å². The fourth-order valence-electron chi connectivity index (χ4n) is 5.35. The quantitative estimate of drug-likeness (QED) is 0.147. The number of carbonyl (C=O) groups is 3. The zero-order valence-electron chi connectivity index (χ0n) is 26.2. The maximum absolute atomic E-state index is 13.0. The van der Waals surface area contributed by atoms with E-state index in [-0.39, 0.29) is 17.7 Å². The number of fused-ring (bicyclic) bond motifs is 1. The Morgan fingerprint density at radius 3 is 2.09 bits per heavy atom. The van der Waals surface area contributed by atoms with Crippen LogP contribution in [0.4, 0.5) is 0 Å². The van der Waals surface area contributed by atoms with Gasteiger partial charge in [0.15, 0.2) is 5.78 Å². The number of ether oxygens (including phenoxy) is 1. The molecule has 5 rings (SSSR count). The molecule has 4 aromatic carbocycles. The minimum atomic E-state index is -0.571. The number of nitrogens with one attached hydrogen (secondary N) is 1. The van der Waals surface area contributed by atoms with Crippen LogP contribution >= 0.6 is 0 Å². The van der Waals surface area contributed by atoms with Gasteiger partial charge >= 0.3 is 5.97 Å². The van der Waals surface area contributed by atoms with Gasteiger partial charge in [-0.15, -0.1) is 0 Å². The third-order valence-corrected chi connectivity index (χ3v) is 7.87. The van der Waals surface area contributed by atoms with E-state index in [9.17, 15) is 14.4 Å². The first kappa shape index (κ1) is 30.5. The van der Waals surface area contributed by atoms with Crippen LogP contribution < -0.4 is 5.32 Å². The highest BCUT2D eigenvalue weighted by Gasteiger charge is 2.21. The van der Waals surface area contributed by atoms with Gasteiger partial charge in [0.1, 0.15) is 5.60 Å². The van der Waals surface area contributed by atoms with Crippen molar-refractivity contribution in [2.75, 3.05) is 0 Å². The van der Waals surface area contributed by atoms with Crippen molar-refractivity contribution in [3.05, 3.63) is 130 Å². The SMILES string of the molecule is CC(=O)c1ccc(CNC(=O)c2ccc3c(c2)c(C)c(C)n3Cc2ccc(-c3ccccc3C(=O)OC(C)(C)C)cc2)cc1. The highest BCUT2D eigenvalue weighted by atomic mass is 16.6. The average Bonchev–Trinajstić information content (AvgIpc) is 3.23. The summed E-state index contributed by atoms with van der Waals surface area (Å²) in [5.74, 6) is -0.461. The van der Waals surface area contributed by atoms with E-state index >= 15 is 0 Å². The smallest absolute Gasteiger partial charge is 0.339 e. The molecule has 0 spiro atoms. The molecule has 0 bridgehead atoms. The molecular weight excluding hydrogens is 548 g/mol. The van der Waals surface area contributed by atoms with Crippen LogP contribution in [0.1, 0.15) is 81.2 Å². The molecule has 0 aliphatic carbocycles. The summed E-state index contributed by atoms with van der Waals surface area (Å²) in [6.07, 6.45) is 0. The lowest BCUT2D eigenvalue weighted by Crippen LogP contribution is -2.24. The van der Waals surface area contributed by atoms with Crippen LogP contribution in [0, 0.1) is 13.8 Å². The molecule has 1 aromatic heterocycles. The Morgan fingerprint density at radius 1 is 0.795 bits per heavy atom. The van der Waals surface area contributed by atoms with Crippen molar-refractivity contribution in [2.45, 2.75) is 60.2 Å². The number of rotatable bonds is 8. The topological polar surface area (TPSA) is 77.4 Å². The number of carbonyl (C=O) groups excluding carboxylic acids is 3. The van der Waals surface area contributed by atoms with E-state index in [1.807, 2.05) is 81.4 Å². The van der Waals surface area contributed by atoms with E-state index in [0.717, 1.165) is 44.4 Å². The second-order valence-corrected chi connectivity index (χ2v) is 12.2. The fourth-order valence-corrected chi connectivity index (χ4v) is 5.35. The van der Waals surface area contributed by atoms with Crippen molar-refractivity contribution in [3.63, 3.8) is 0 Å². The Morgan fingerprint density at radius 2 is 1.43 bits per heavy atom. The lowest BCUT2D eigenvalue weighted by atomic mass is 9.98. The second-order valence-electron chi connectivity index (χ2n) is 12.2. The monoisotopic (exact) mass is 586 g/mol. The number of aryl methyl sites for hydroxylation is 1. The molecule has 0 saturated heterocycles. The Kier molecular flexibility index (Phi) is 8.54. The van der Waals surface area contributed by atoms with Gasteiger partial charge in [0, 0.05) is 40.8 Å². The summed E-state index contributed by atoms with van der Waals surface area (Å²) in [5, 5.41) is 4.04. The van der Waals surface area contributed by atoms with Crippen molar-refractivity contribution in [3.8, 4) is 11.1 Å². The standard InChI is InChI=1S/C38H38N2O4/c1-24-25(2)40(23-28-13-17-30(18-14-28)32-9-7-8-10-33(32)37(43)44-38(4,5)6)35-20-19-31(21-34(24)35)36(42)39-22-27-11-15-29(16-12-27)26(3)41/h7-21H,22-23H2,1-6H3,(H,39,42). The Labute approximate surface area is 258 Å². The van der Waals surface area contributed by atoms with Gasteiger partial charge in [-0.05, 0) is 93.6 Å². The molecule has 1 heterocycles. The molecule has 6 nitrogen and oxygen atoms in total. The maximum atomic E-state index is 13.0. The number of hydrogen-bond donors (Lipinski definition) is 1. The fraction of sp³-hybridized carbons (Fsp3) is 0.237. The minimum absolute atomic E-state index is 0.0181. The van der Waals surface area contributed by atoms with Crippen LogP contribution in [-0.2, 0) is 17.8 Å². The molecule has 1 amide bonds. The number of benzene rings is 4. The van der Waals surface area contributed by atoms with Crippen molar-refractivity contribution in [2.24, 2.45) is 0 Å². The average molecular weight is 587 g/mol. The highest BCUT2D eigenvalue weighted by Crippen LogP contribution is 2.29. The molecule has 6 heteroatoms. The van der Waals surface area contributed by atoms with Gasteiger partial charge in [-0.25, -0.2) is 4.79 Å². The number of ketones is 1.